The third-order valence-corrected chi connectivity index (χ3v) is 18.0. The molecule has 87 heavy (non-hydrogen) atoms. The summed E-state index contributed by atoms with van der Waals surface area (Å²) in [6, 6.07) is -2.48. The van der Waals surface area contributed by atoms with Gasteiger partial charge in [0.2, 0.25) is 17.7 Å². The van der Waals surface area contributed by atoms with Crippen LogP contribution in [0.1, 0.15) is 107 Å². The van der Waals surface area contributed by atoms with E-state index in [0.29, 0.717) is 0 Å². The molecule has 6 aliphatic rings. The smallest absolute Gasteiger partial charge is 0.394 e. The molecule has 0 aromatic heterocycles. The molecule has 6 aliphatic heterocycles. The van der Waals surface area contributed by atoms with Gasteiger partial charge in [0, 0.05) is 63.8 Å². The first kappa shape index (κ1) is 77.4. The molecule has 0 saturated carbocycles. The Kier molecular flexibility index (Phi) is 32.4. The first-order valence-corrected chi connectivity index (χ1v) is 32.6. The molecule has 510 valence electrons. The van der Waals surface area contributed by atoms with Crippen molar-refractivity contribution in [2.75, 3.05) is 86.2 Å². The van der Waals surface area contributed by atoms with E-state index < -0.39 is 188 Å². The summed E-state index contributed by atoms with van der Waals surface area (Å²) in [4.78, 5) is 66.7. The lowest BCUT2D eigenvalue weighted by atomic mass is 9.92. The maximum atomic E-state index is 13.9. The largest absolute Gasteiger partial charge is 0.472 e. The van der Waals surface area contributed by atoms with Crippen LogP contribution in [0.3, 0.4) is 0 Å². The number of nitrogens with zero attached hydrogens (tertiary/aromatic N) is 3. The second kappa shape index (κ2) is 36.4. The zero-order chi connectivity index (χ0) is 63.8. The zero-order valence-corrected chi connectivity index (χ0v) is 52.0. The van der Waals surface area contributed by atoms with Crippen molar-refractivity contribution in [3.63, 3.8) is 0 Å². The van der Waals surface area contributed by atoms with Gasteiger partial charge in [-0.1, -0.05) is 49.0 Å². The van der Waals surface area contributed by atoms with Gasteiger partial charge < -0.3 is 109 Å². The van der Waals surface area contributed by atoms with Crippen LogP contribution >= 0.6 is 15.6 Å². The summed E-state index contributed by atoms with van der Waals surface area (Å²) in [5.74, 6) is -2.50. The van der Waals surface area contributed by atoms with Gasteiger partial charge in [-0.05, 0) is 44.4 Å². The summed E-state index contributed by atoms with van der Waals surface area (Å²) in [5.41, 5.74) is 0. The Hall–Kier alpha value is -2.05. The summed E-state index contributed by atoms with van der Waals surface area (Å²) in [6.07, 6.45) is -17.1. The molecule has 0 bridgehead atoms. The van der Waals surface area contributed by atoms with Crippen molar-refractivity contribution in [3.05, 3.63) is 0 Å². The van der Waals surface area contributed by atoms with Crippen LogP contribution in [0, 0.1) is 23.7 Å². The zero-order valence-electron chi connectivity index (χ0n) is 50.2. The number of carbonyl (C=O) groups excluding carboxylic acids is 3. The van der Waals surface area contributed by atoms with Crippen molar-refractivity contribution < 1.29 is 136 Å². The van der Waals surface area contributed by atoms with Crippen molar-refractivity contribution in [1.29, 1.82) is 0 Å². The molecule has 23 atom stereocenters. The third-order valence-electron chi connectivity index (χ3n) is 15.9. The van der Waals surface area contributed by atoms with Gasteiger partial charge in [-0.15, -0.1) is 0 Å². The molecule has 6 fully saturated rings. The molecule has 0 aromatic carbocycles. The number of aliphatic hydroxyl groups is 10. The maximum absolute atomic E-state index is 13.9. The molecule has 3 amide bonds. The number of aliphatic hydroxyl groups excluding tert-OH is 10. The predicted octanol–water partition coefficient (Wildman–Crippen LogP) is -1.29. The van der Waals surface area contributed by atoms with Crippen molar-refractivity contribution in [3.8, 4) is 0 Å². The number of ether oxygens (including phenoxy) is 7. The summed E-state index contributed by atoms with van der Waals surface area (Å²) in [6.45, 7) is 7.81. The summed E-state index contributed by atoms with van der Waals surface area (Å²) in [5, 5.41) is 101. The van der Waals surface area contributed by atoms with E-state index >= 15 is 0 Å². The number of β-amino-alcohol motifs (C(OH)–C–C–N with tert-alkyl or cyclic N) is 1. The molecule has 0 radical (unpaired) electrons. The second-order valence-electron chi connectivity index (χ2n) is 23.8. The summed E-state index contributed by atoms with van der Waals surface area (Å²) >= 11 is 0. The lowest BCUT2D eigenvalue weighted by Gasteiger charge is -2.40. The molecule has 31 nitrogen and oxygen atoms in total. The van der Waals surface area contributed by atoms with Crippen LogP contribution in [-0.2, 0) is 74.8 Å². The Morgan fingerprint density at radius 2 is 0.805 bits per heavy atom. The molecule has 33 heteroatoms. The van der Waals surface area contributed by atoms with Crippen LogP contribution in [0.4, 0.5) is 0 Å². The van der Waals surface area contributed by atoms with E-state index in [0.717, 1.165) is 5.92 Å². The summed E-state index contributed by atoms with van der Waals surface area (Å²) < 4.78 is 88.4. The molecule has 12 N–H and O–H groups in total. The first-order valence-electron chi connectivity index (χ1n) is 29.6. The van der Waals surface area contributed by atoms with E-state index in [9.17, 15) is 84.4 Å². The van der Waals surface area contributed by atoms with E-state index in [1.807, 2.05) is 0 Å². The van der Waals surface area contributed by atoms with Gasteiger partial charge in [-0.2, -0.15) is 0 Å². The number of hydrogen-bond acceptors (Lipinski definition) is 26. The van der Waals surface area contributed by atoms with Crippen LogP contribution in [0.2, 0.25) is 0 Å². The van der Waals surface area contributed by atoms with Gasteiger partial charge in [0.1, 0.15) is 36.6 Å². The molecule has 0 aromatic rings. The highest BCUT2D eigenvalue weighted by atomic mass is 31.2. The van der Waals surface area contributed by atoms with Crippen molar-refractivity contribution in [2.24, 2.45) is 23.7 Å². The molecule has 0 spiro atoms. The van der Waals surface area contributed by atoms with Crippen LogP contribution in [0.15, 0.2) is 0 Å². The maximum Gasteiger partial charge on any atom is 0.472 e. The Labute approximate surface area is 509 Å². The molecule has 0 aliphatic carbocycles. The molecular weight excluding hydrogens is 1200 g/mol. The highest BCUT2D eigenvalue weighted by molar-refractivity contribution is 7.47. The normalized spacial score (nSPS) is 36.9. The fraction of sp³-hybridized carbons (Fsp3) is 0.944. The van der Waals surface area contributed by atoms with E-state index in [1.54, 1.807) is 20.8 Å². The Balaban J connectivity index is 0.00000314. The van der Waals surface area contributed by atoms with Crippen molar-refractivity contribution in [1.82, 2.24) is 14.7 Å². The van der Waals surface area contributed by atoms with Crippen molar-refractivity contribution in [2.45, 2.75) is 217 Å². The number of rotatable bonds is 30. The van der Waals surface area contributed by atoms with Crippen LogP contribution in [0.25, 0.3) is 0 Å². The second-order valence-corrected chi connectivity index (χ2v) is 26.6. The van der Waals surface area contributed by atoms with Gasteiger partial charge in [-0.3, -0.25) is 32.5 Å². The monoisotopic (exact) mass is 1300 g/mol. The molecule has 6 saturated heterocycles. The Bertz CT molecular complexity index is 2160. The SMILES string of the molecule is C.CC(C)C.COC[C@@H]1C[C@@H](OP(=O)(O)OC[C@@H]2C[C@@H](OP(=O)(O)OC[C@@H]3C[C@@H](O)CN3C(=O)CCCO[C@@H]3OC(CO)[C@H](O)[C@H](O)C3C)CN2C(=O)CCCO[C@@H]2OC(CO)[C@H](O)[C@H](O)C2C)CN1C(=O)CCCO[C@@H]1OC(CO)[C@H](O)[C@H](O)C1C. The minimum absolute atomic E-state index is 0. The van der Waals surface area contributed by atoms with Crippen LogP contribution in [0.5, 0.6) is 0 Å². The van der Waals surface area contributed by atoms with E-state index in [2.05, 4.69) is 20.8 Å². The van der Waals surface area contributed by atoms with E-state index in [4.69, 9.17) is 51.3 Å². The number of methoxy groups -OCH3 is 1. The summed E-state index contributed by atoms with van der Waals surface area (Å²) in [7, 11) is -8.55. The number of amides is 3. The predicted molar refractivity (Wildman–Crippen MR) is 303 cm³/mol. The van der Waals surface area contributed by atoms with Gasteiger partial charge in [0.15, 0.2) is 18.9 Å². The van der Waals surface area contributed by atoms with Crippen LogP contribution < -0.4 is 0 Å². The van der Waals surface area contributed by atoms with E-state index in [-0.39, 0.29) is 117 Å². The molecule has 8 unspecified atom stereocenters. The number of phosphoric ester groups is 2. The van der Waals surface area contributed by atoms with Gasteiger partial charge in [0.05, 0.1) is 114 Å². The van der Waals surface area contributed by atoms with E-state index in [1.165, 1.54) is 21.8 Å². The molecule has 6 rings (SSSR count). The first-order chi connectivity index (χ1) is 40.5. The average Bonchev–Trinajstić information content (AvgIpc) is 3.45. The number of hydrogen-bond donors (Lipinski definition) is 12. The average molecular weight is 1300 g/mol. The Morgan fingerprint density at radius 3 is 1.11 bits per heavy atom. The Morgan fingerprint density at radius 1 is 0.506 bits per heavy atom. The molecular formula is C54H101N3O28P2. The lowest BCUT2D eigenvalue weighted by Crippen LogP contribution is -2.55. The van der Waals surface area contributed by atoms with Gasteiger partial charge >= 0.3 is 15.6 Å². The van der Waals surface area contributed by atoms with Gasteiger partial charge in [0.25, 0.3) is 0 Å². The highest BCUT2D eigenvalue weighted by Gasteiger charge is 2.47. The number of likely N-dealkylation sites (tertiary alicyclic amines) is 3. The lowest BCUT2D eigenvalue weighted by molar-refractivity contribution is -0.282. The minimum atomic E-state index is -5.00. The highest BCUT2D eigenvalue weighted by Crippen LogP contribution is 2.50. The third kappa shape index (κ3) is 22.6. The number of phosphoric acid groups is 2. The standard InChI is InChI=1S/C49H87N3O28P2.C4H10.CH4/c1-26-41(60)44(63)35(20-53)76-47(26)71-11-5-8-38(57)50-17-32(56)14-29(50)24-74-81(66,67)80-34-16-31(52(19-34)40(59)10-7-13-73-49-28(3)43(62)46(65)37(22-55)78-49)25-75-82(68,69)79-33-15-30(23-70-4)51(18-33)39(58)9-6-12-72-48-27(2)42(61)45(64)36(21-54)77-48;1-4(2)3;/h26-37,41-49,53-56,60-65H,5-25H2,1-4H3,(H,66,67)(H,68,69);4H,1-3H3;1H4/t26?,27?,28?,29-,30-,31-,32+,33+,34+,35?,36?,37?,41+,42+,43+,44-,45-,46-,47+,48+,49+;;/m0../s1. The fourth-order valence-electron chi connectivity index (χ4n) is 11.1. The number of carbonyl (C=O) groups is 3. The topological polar surface area (TPSA) is 439 Å². The van der Waals surface area contributed by atoms with Gasteiger partial charge in [-0.25, -0.2) is 9.13 Å². The quantitative estimate of drug-likeness (QED) is 0.0294. The fourth-order valence-corrected chi connectivity index (χ4v) is 13.0. The molecule has 6 heterocycles. The van der Waals surface area contributed by atoms with Crippen molar-refractivity contribution >= 4 is 33.4 Å². The minimum Gasteiger partial charge on any atom is -0.394 e. The van der Waals surface area contributed by atoms with Crippen LogP contribution in [-0.4, -0.2) is 290 Å².